The molecule has 0 aromatic heterocycles. The number of hydrogen-bond acceptors (Lipinski definition) is 0. The molecule has 0 radical (unpaired) electrons. The van der Waals surface area contributed by atoms with E-state index >= 15 is 0 Å². The van der Waals surface area contributed by atoms with Crippen molar-refractivity contribution < 1.29 is 0 Å². The Balaban J connectivity index is 1.97. The van der Waals surface area contributed by atoms with Crippen LogP contribution in [0.25, 0.3) is 16.3 Å². The van der Waals surface area contributed by atoms with E-state index in [2.05, 4.69) is 62.4 Å². The van der Waals surface area contributed by atoms with E-state index in [9.17, 15) is 0 Å². The molecule has 0 bridgehead atoms. The van der Waals surface area contributed by atoms with Crippen LogP contribution in [0.3, 0.4) is 0 Å². The van der Waals surface area contributed by atoms with Crippen LogP contribution >= 0.6 is 0 Å². The zero-order chi connectivity index (χ0) is 13.0. The predicted molar refractivity (Wildman–Crippen MR) is 82.1 cm³/mol. The van der Waals surface area contributed by atoms with E-state index in [0.29, 0.717) is 5.41 Å². The number of rotatable bonds is 0. The maximum Gasteiger partial charge on any atom is -0.00460 e. The van der Waals surface area contributed by atoms with Crippen molar-refractivity contribution in [1.29, 1.82) is 0 Å². The maximum atomic E-state index is 2.38. The summed E-state index contributed by atoms with van der Waals surface area (Å²) in [6, 6.07) is 13.4. The van der Waals surface area contributed by atoms with Gasteiger partial charge in [-0.05, 0) is 51.8 Å². The average Bonchev–Trinajstić information content (AvgIpc) is 2.75. The van der Waals surface area contributed by atoms with Crippen LogP contribution in [0.15, 0.2) is 54.1 Å². The summed E-state index contributed by atoms with van der Waals surface area (Å²) >= 11 is 0. The lowest BCUT2D eigenvalue weighted by Crippen LogP contribution is -2.16. The molecule has 0 fully saturated rings. The minimum absolute atomic E-state index is 0.315. The molecule has 0 spiro atoms. The van der Waals surface area contributed by atoms with E-state index < -0.39 is 0 Å². The van der Waals surface area contributed by atoms with Crippen molar-refractivity contribution >= 4 is 16.3 Å². The first-order valence-electron chi connectivity index (χ1n) is 7.07. The van der Waals surface area contributed by atoms with Gasteiger partial charge >= 0.3 is 0 Å². The van der Waals surface area contributed by atoms with Crippen molar-refractivity contribution in [1.82, 2.24) is 0 Å². The molecule has 2 aromatic carbocycles. The Morgan fingerprint density at radius 1 is 1.00 bits per heavy atom. The van der Waals surface area contributed by atoms with Gasteiger partial charge in [0.25, 0.3) is 0 Å². The standard InChI is InChI=1S/C19H18/c1-19(2)9-5-8-16-17-11-14-7-4-3-6-13(14)10-15(17)12-18(16)19/h3-8,10-11H,9,12H2,1-2H3. The smallest absolute Gasteiger partial charge is 0.00460 e. The number of hydrogen-bond donors (Lipinski definition) is 0. The molecule has 0 heterocycles. The van der Waals surface area contributed by atoms with Crippen molar-refractivity contribution in [3.8, 4) is 0 Å². The van der Waals surface area contributed by atoms with Gasteiger partial charge in [0.2, 0.25) is 0 Å². The van der Waals surface area contributed by atoms with Crippen molar-refractivity contribution in [2.45, 2.75) is 26.7 Å². The first kappa shape index (κ1) is 11.0. The van der Waals surface area contributed by atoms with Crippen LogP contribution in [0.5, 0.6) is 0 Å². The van der Waals surface area contributed by atoms with Gasteiger partial charge in [0, 0.05) is 0 Å². The fourth-order valence-corrected chi connectivity index (χ4v) is 3.52. The summed E-state index contributed by atoms with van der Waals surface area (Å²) in [5, 5.41) is 2.72. The largest absolute Gasteiger partial charge is 0.0831 e. The maximum absolute atomic E-state index is 2.38. The van der Waals surface area contributed by atoms with Crippen LogP contribution in [0.1, 0.15) is 31.4 Å². The zero-order valence-electron chi connectivity index (χ0n) is 11.5. The van der Waals surface area contributed by atoms with Gasteiger partial charge in [-0.15, -0.1) is 0 Å². The molecule has 0 heteroatoms. The third kappa shape index (κ3) is 1.53. The van der Waals surface area contributed by atoms with E-state index in [1.54, 1.807) is 5.57 Å². The quantitative estimate of drug-likeness (QED) is 0.604. The van der Waals surface area contributed by atoms with Gasteiger partial charge in [0.15, 0.2) is 0 Å². The third-order valence-electron chi connectivity index (χ3n) is 4.68. The number of fused-ring (bicyclic) bond motifs is 3. The predicted octanol–water partition coefficient (Wildman–Crippen LogP) is 5.14. The van der Waals surface area contributed by atoms with Crippen molar-refractivity contribution in [3.05, 3.63) is 65.3 Å². The molecule has 2 aliphatic carbocycles. The van der Waals surface area contributed by atoms with Crippen molar-refractivity contribution in [2.24, 2.45) is 5.41 Å². The Kier molecular flexibility index (Phi) is 2.09. The van der Waals surface area contributed by atoms with Crippen LogP contribution in [0.2, 0.25) is 0 Å². The van der Waals surface area contributed by atoms with Gasteiger partial charge in [-0.25, -0.2) is 0 Å². The lowest BCUT2D eigenvalue weighted by molar-refractivity contribution is 0.444. The third-order valence-corrected chi connectivity index (χ3v) is 4.68. The molecule has 0 amide bonds. The summed E-state index contributed by atoms with van der Waals surface area (Å²) in [5.41, 5.74) is 6.38. The Morgan fingerprint density at radius 3 is 2.53 bits per heavy atom. The van der Waals surface area contributed by atoms with E-state index in [4.69, 9.17) is 0 Å². The minimum Gasteiger partial charge on any atom is -0.0831 e. The topological polar surface area (TPSA) is 0 Å². The molecule has 19 heavy (non-hydrogen) atoms. The summed E-state index contributed by atoms with van der Waals surface area (Å²) < 4.78 is 0. The van der Waals surface area contributed by atoms with Crippen LogP contribution < -0.4 is 0 Å². The van der Waals surface area contributed by atoms with Gasteiger partial charge in [-0.1, -0.05) is 61.9 Å². The Hall–Kier alpha value is -1.82. The molecule has 0 saturated carbocycles. The fraction of sp³-hybridized carbons (Fsp3) is 0.263. The van der Waals surface area contributed by atoms with Crippen molar-refractivity contribution in [2.75, 3.05) is 0 Å². The molecular weight excluding hydrogens is 228 g/mol. The van der Waals surface area contributed by atoms with Gasteiger partial charge in [0.05, 0.1) is 0 Å². The Bertz CT molecular complexity index is 742. The summed E-state index contributed by atoms with van der Waals surface area (Å²) in [6.07, 6.45) is 6.97. The van der Waals surface area contributed by atoms with Gasteiger partial charge < -0.3 is 0 Å². The highest BCUT2D eigenvalue weighted by Crippen LogP contribution is 2.47. The molecule has 4 rings (SSSR count). The Labute approximate surface area is 114 Å². The lowest BCUT2D eigenvalue weighted by Gasteiger charge is -2.29. The van der Waals surface area contributed by atoms with Gasteiger partial charge in [0.1, 0.15) is 0 Å². The lowest BCUT2D eigenvalue weighted by atomic mass is 9.76. The number of allylic oxidation sites excluding steroid dienone is 4. The van der Waals surface area contributed by atoms with E-state index in [1.165, 1.54) is 33.9 Å². The van der Waals surface area contributed by atoms with Crippen LogP contribution in [-0.4, -0.2) is 0 Å². The van der Waals surface area contributed by atoms with Gasteiger partial charge in [-0.3, -0.25) is 0 Å². The summed E-state index contributed by atoms with van der Waals surface area (Å²) in [5.74, 6) is 0. The zero-order valence-corrected chi connectivity index (χ0v) is 11.5. The molecule has 0 nitrogen and oxygen atoms in total. The molecule has 0 unspecified atom stereocenters. The molecule has 94 valence electrons. The summed E-state index contributed by atoms with van der Waals surface area (Å²) in [4.78, 5) is 0. The van der Waals surface area contributed by atoms with Crippen LogP contribution in [0, 0.1) is 5.41 Å². The summed E-state index contributed by atoms with van der Waals surface area (Å²) in [6.45, 7) is 4.74. The first-order valence-corrected chi connectivity index (χ1v) is 7.07. The van der Waals surface area contributed by atoms with E-state index in [-0.39, 0.29) is 0 Å². The highest BCUT2D eigenvalue weighted by Gasteiger charge is 2.32. The normalized spacial score (nSPS) is 19.7. The highest BCUT2D eigenvalue weighted by molar-refractivity contribution is 5.93. The fourth-order valence-electron chi connectivity index (χ4n) is 3.52. The van der Waals surface area contributed by atoms with Crippen LogP contribution in [-0.2, 0) is 6.42 Å². The second-order valence-electron chi connectivity index (χ2n) is 6.42. The molecule has 0 N–H and O–H groups in total. The molecule has 0 aliphatic heterocycles. The van der Waals surface area contributed by atoms with Gasteiger partial charge in [-0.2, -0.15) is 0 Å². The molecule has 2 aromatic rings. The second kappa shape index (κ2) is 3.60. The van der Waals surface area contributed by atoms with Crippen LogP contribution in [0.4, 0.5) is 0 Å². The van der Waals surface area contributed by atoms with E-state index in [1.807, 2.05) is 0 Å². The monoisotopic (exact) mass is 246 g/mol. The average molecular weight is 246 g/mol. The number of benzene rings is 2. The first-order chi connectivity index (χ1) is 9.15. The highest BCUT2D eigenvalue weighted by atomic mass is 14.4. The molecule has 0 atom stereocenters. The van der Waals surface area contributed by atoms with E-state index in [0.717, 1.165) is 6.42 Å². The molecular formula is C19H18. The SMILES string of the molecule is CC1(C)CC=CC2=C1Cc1cc3ccccc3cc12. The minimum atomic E-state index is 0.315. The Morgan fingerprint density at radius 2 is 1.74 bits per heavy atom. The summed E-state index contributed by atoms with van der Waals surface area (Å²) in [7, 11) is 0. The molecule has 2 aliphatic rings. The second-order valence-corrected chi connectivity index (χ2v) is 6.42. The molecule has 0 saturated heterocycles. The van der Waals surface area contributed by atoms with Crippen molar-refractivity contribution in [3.63, 3.8) is 0 Å².